The van der Waals surface area contributed by atoms with Crippen molar-refractivity contribution in [2.24, 2.45) is 11.8 Å². The maximum atomic E-state index is 13.5. The Bertz CT molecular complexity index is 795. The van der Waals surface area contributed by atoms with Crippen molar-refractivity contribution in [3.63, 3.8) is 0 Å². The molecule has 0 fully saturated rings. The molecule has 0 aromatic heterocycles. The summed E-state index contributed by atoms with van der Waals surface area (Å²) in [6.45, 7) is 8.35. The van der Waals surface area contributed by atoms with Crippen molar-refractivity contribution < 1.29 is 15.7 Å². The summed E-state index contributed by atoms with van der Waals surface area (Å²) in [7, 11) is 0. The number of carbonyl (C=O) groups excluding carboxylic acids is 2. The van der Waals surface area contributed by atoms with Crippen LogP contribution in [0, 0.1) is 11.8 Å². The van der Waals surface area contributed by atoms with Crippen LogP contribution in [0.3, 0.4) is 0 Å². The first-order chi connectivity index (χ1) is 17.0. The number of rotatable bonds is 16. The van der Waals surface area contributed by atoms with Gasteiger partial charge in [0.25, 0.3) is 0 Å². The van der Waals surface area contributed by atoms with E-state index in [1.54, 1.807) is 0 Å². The summed E-state index contributed by atoms with van der Waals surface area (Å²) in [5.41, 5.74) is 2.12. The van der Waals surface area contributed by atoms with E-state index in [9.17, 15) is 9.59 Å². The van der Waals surface area contributed by atoms with Crippen LogP contribution in [0.15, 0.2) is 60.7 Å². The molecule has 2 aromatic carbocycles. The summed E-state index contributed by atoms with van der Waals surface area (Å²) >= 11 is -4.34. The molecule has 2 rings (SSSR count). The summed E-state index contributed by atoms with van der Waals surface area (Å²) in [4.78, 5) is 27.0. The molecule has 192 valence electrons. The molecule has 2 aromatic rings. The van der Waals surface area contributed by atoms with Gasteiger partial charge in [-0.25, -0.2) is 0 Å². The summed E-state index contributed by atoms with van der Waals surface area (Å²) < 4.78 is 14.0. The van der Waals surface area contributed by atoms with Gasteiger partial charge in [0.15, 0.2) is 0 Å². The molecule has 0 bridgehead atoms. The van der Waals surface area contributed by atoms with E-state index in [0.717, 1.165) is 62.5 Å². The Balaban J connectivity index is 2.45. The molecular formula is C30H44O4Sn. The molecule has 0 amide bonds. The molecular weight excluding hydrogens is 543 g/mol. The zero-order valence-electron chi connectivity index (χ0n) is 22.1. The van der Waals surface area contributed by atoms with Gasteiger partial charge in [-0.3, -0.25) is 0 Å². The van der Waals surface area contributed by atoms with E-state index in [4.69, 9.17) is 6.15 Å². The third-order valence-electron chi connectivity index (χ3n) is 6.67. The molecule has 0 saturated heterocycles. The van der Waals surface area contributed by atoms with Crippen molar-refractivity contribution in [2.75, 3.05) is 0 Å². The van der Waals surface area contributed by atoms with Gasteiger partial charge in [-0.15, -0.1) is 0 Å². The molecule has 0 saturated carbocycles. The Morgan fingerprint density at radius 1 is 0.657 bits per heavy atom. The van der Waals surface area contributed by atoms with E-state index in [-0.39, 0.29) is 23.8 Å². The van der Waals surface area contributed by atoms with Gasteiger partial charge in [0.05, 0.1) is 0 Å². The van der Waals surface area contributed by atoms with Crippen LogP contribution in [0.25, 0.3) is 0 Å². The SMILES string of the molecule is CCCC[C@H](CC)C(=O)[O][Sn]([CH2]c1ccccc1)([CH2]c1ccccc1)[O]C(=O)[C@@H](CC)CCCC. The fourth-order valence-corrected chi connectivity index (χ4v) is 13.7. The Hall–Kier alpha value is -1.82. The molecule has 0 spiro atoms. The van der Waals surface area contributed by atoms with Gasteiger partial charge < -0.3 is 0 Å². The summed E-state index contributed by atoms with van der Waals surface area (Å²) in [5, 5.41) is 0. The molecule has 35 heavy (non-hydrogen) atoms. The fourth-order valence-electron chi connectivity index (χ4n) is 4.45. The normalized spacial score (nSPS) is 13.1. The topological polar surface area (TPSA) is 52.6 Å². The first-order valence-corrected chi connectivity index (χ1v) is 19.9. The molecule has 0 aliphatic rings. The van der Waals surface area contributed by atoms with Gasteiger partial charge in [-0.2, -0.15) is 0 Å². The van der Waals surface area contributed by atoms with Crippen LogP contribution in [0.4, 0.5) is 0 Å². The third-order valence-corrected chi connectivity index (χ3v) is 15.3. The summed E-state index contributed by atoms with van der Waals surface area (Å²) in [5.74, 6) is -0.673. The molecule has 2 atom stereocenters. The van der Waals surface area contributed by atoms with Crippen LogP contribution >= 0.6 is 0 Å². The molecule has 5 heteroatoms. The van der Waals surface area contributed by atoms with Crippen molar-refractivity contribution in [1.82, 2.24) is 0 Å². The van der Waals surface area contributed by atoms with Crippen LogP contribution < -0.4 is 0 Å². The molecule has 4 nitrogen and oxygen atoms in total. The van der Waals surface area contributed by atoms with E-state index in [1.807, 2.05) is 74.5 Å². The second kappa shape index (κ2) is 16.0. The quantitative estimate of drug-likeness (QED) is 0.191. The average molecular weight is 587 g/mol. The predicted molar refractivity (Wildman–Crippen MR) is 145 cm³/mol. The molecule has 0 aliphatic carbocycles. The van der Waals surface area contributed by atoms with Crippen molar-refractivity contribution in [3.8, 4) is 0 Å². The number of benzene rings is 2. The minimum absolute atomic E-state index is 0.154. The van der Waals surface area contributed by atoms with Crippen LogP contribution in [-0.2, 0) is 24.6 Å². The van der Waals surface area contributed by atoms with Crippen LogP contribution in [0.2, 0.25) is 0 Å². The van der Waals surface area contributed by atoms with Gasteiger partial charge in [0, 0.05) is 0 Å². The zero-order chi connectivity index (χ0) is 25.5. The monoisotopic (exact) mass is 588 g/mol. The summed E-state index contributed by atoms with van der Waals surface area (Å²) in [6.07, 6.45) is 7.15. The van der Waals surface area contributed by atoms with E-state index in [0.29, 0.717) is 8.87 Å². The number of unbranched alkanes of at least 4 members (excludes halogenated alkanes) is 2. The van der Waals surface area contributed by atoms with Gasteiger partial charge >= 0.3 is 218 Å². The van der Waals surface area contributed by atoms with Crippen molar-refractivity contribution in [1.29, 1.82) is 0 Å². The summed E-state index contributed by atoms with van der Waals surface area (Å²) in [6, 6.07) is 20.1. The fraction of sp³-hybridized carbons (Fsp3) is 0.533. The van der Waals surface area contributed by atoms with E-state index >= 15 is 0 Å². The van der Waals surface area contributed by atoms with Gasteiger partial charge in [0.1, 0.15) is 0 Å². The zero-order valence-corrected chi connectivity index (χ0v) is 25.0. The second-order valence-corrected chi connectivity index (χ2v) is 18.0. The standard InChI is InChI=1S/2C8H16O2.2C7H7.Sn/c2*1-3-5-6-7(4-2)8(9)10;2*1-7-5-3-2-4-6-7;/h2*7H,3-6H2,1-2H3,(H,9,10);2*2-6H,1H2;/q;;;;+2/p-2/t2*7-;;;/m00.../s1. The Morgan fingerprint density at radius 3 is 1.34 bits per heavy atom. The average Bonchev–Trinajstić information content (AvgIpc) is 2.86. The maximum absolute atomic E-state index is 13.5. The number of carbonyl (C=O) groups is 2. The van der Waals surface area contributed by atoms with E-state index in [2.05, 4.69) is 13.8 Å². The molecule has 0 radical (unpaired) electrons. The van der Waals surface area contributed by atoms with Gasteiger partial charge in [-0.05, 0) is 0 Å². The first kappa shape index (κ1) is 29.4. The molecule has 0 heterocycles. The third kappa shape index (κ3) is 9.98. The molecule has 0 N–H and O–H groups in total. The number of hydrogen-bond donors (Lipinski definition) is 0. The van der Waals surface area contributed by atoms with Crippen LogP contribution in [-0.4, -0.2) is 31.1 Å². The van der Waals surface area contributed by atoms with E-state index < -0.39 is 19.2 Å². The first-order valence-electron chi connectivity index (χ1n) is 13.5. The Kier molecular flexibility index (Phi) is 13.5. The molecule has 0 aliphatic heterocycles. The van der Waals surface area contributed by atoms with Crippen LogP contribution in [0.1, 0.15) is 90.2 Å². The Labute approximate surface area is 217 Å². The van der Waals surface area contributed by atoms with Gasteiger partial charge in [-0.1, -0.05) is 0 Å². The van der Waals surface area contributed by atoms with Crippen molar-refractivity contribution in [2.45, 2.75) is 87.9 Å². The van der Waals surface area contributed by atoms with Gasteiger partial charge in [0.2, 0.25) is 0 Å². The predicted octanol–water partition coefficient (Wildman–Crippen LogP) is 7.51. The second-order valence-electron chi connectivity index (χ2n) is 9.57. The van der Waals surface area contributed by atoms with Crippen molar-refractivity contribution in [3.05, 3.63) is 71.8 Å². The van der Waals surface area contributed by atoms with E-state index in [1.165, 1.54) is 0 Å². The van der Waals surface area contributed by atoms with Crippen molar-refractivity contribution >= 4 is 31.1 Å². The van der Waals surface area contributed by atoms with Crippen LogP contribution in [0.5, 0.6) is 0 Å². The minimum atomic E-state index is -4.34. The number of hydrogen-bond acceptors (Lipinski definition) is 4. The molecule has 0 unspecified atom stereocenters. The Morgan fingerprint density at radius 2 is 1.03 bits per heavy atom.